The lowest BCUT2D eigenvalue weighted by molar-refractivity contribution is -0.152. The maximum atomic E-state index is 16.0. The third kappa shape index (κ3) is 4.09. The molecule has 7 rings (SSSR count). The van der Waals surface area contributed by atoms with Gasteiger partial charge in [0.15, 0.2) is 17.3 Å². The van der Waals surface area contributed by atoms with E-state index in [4.69, 9.17) is 0 Å². The first kappa shape index (κ1) is 24.4. The number of rotatable bonds is 5. The van der Waals surface area contributed by atoms with Crippen molar-refractivity contribution in [3.8, 4) is 22.8 Å². The number of H-pyrrole nitrogens is 1. The molecule has 2 atom stereocenters. The summed E-state index contributed by atoms with van der Waals surface area (Å²) in [6.45, 7) is 0. The average molecular weight is 529 g/mol. The van der Waals surface area contributed by atoms with E-state index in [9.17, 15) is 23.1 Å². The van der Waals surface area contributed by atoms with Gasteiger partial charge < -0.3 is 5.11 Å². The van der Waals surface area contributed by atoms with E-state index in [2.05, 4.69) is 30.2 Å². The first-order valence-electron chi connectivity index (χ1n) is 12.3. The highest BCUT2D eigenvalue weighted by atomic mass is 19.4. The first-order valence-corrected chi connectivity index (χ1v) is 12.3. The molecule has 0 aromatic carbocycles. The third-order valence-corrected chi connectivity index (χ3v) is 7.96. The number of nitrogens with zero attached hydrogens (tertiary/aromatic N) is 6. The molecule has 9 nitrogen and oxygen atoms in total. The van der Waals surface area contributed by atoms with E-state index in [1.807, 2.05) is 0 Å². The van der Waals surface area contributed by atoms with Gasteiger partial charge in [0.25, 0.3) is 0 Å². The second-order valence-electron chi connectivity index (χ2n) is 10.2. The smallest absolute Gasteiger partial charge is 0.417 e. The maximum Gasteiger partial charge on any atom is 0.417 e. The number of hydrogen-bond donors (Lipinski definition) is 2. The molecule has 13 heteroatoms. The van der Waals surface area contributed by atoms with Gasteiger partial charge in [-0.2, -0.15) is 23.4 Å². The maximum absolute atomic E-state index is 16.0. The zero-order valence-corrected chi connectivity index (χ0v) is 20.2. The Balaban J connectivity index is 1.50. The van der Waals surface area contributed by atoms with Crippen LogP contribution >= 0.6 is 0 Å². The second-order valence-corrected chi connectivity index (χ2v) is 10.2. The van der Waals surface area contributed by atoms with E-state index in [1.165, 1.54) is 10.9 Å². The number of aromatic nitrogens is 7. The van der Waals surface area contributed by atoms with Gasteiger partial charge >= 0.3 is 12.1 Å². The quantitative estimate of drug-likeness (QED) is 0.361. The minimum absolute atomic E-state index is 0.0142. The summed E-state index contributed by atoms with van der Waals surface area (Å²) in [7, 11) is 1.66. The van der Waals surface area contributed by atoms with Crippen LogP contribution in [0.2, 0.25) is 0 Å². The Morgan fingerprint density at radius 2 is 1.89 bits per heavy atom. The summed E-state index contributed by atoms with van der Waals surface area (Å²) in [4.78, 5) is 24.8. The largest absolute Gasteiger partial charge is 0.481 e. The van der Waals surface area contributed by atoms with Gasteiger partial charge in [-0.1, -0.05) is 0 Å². The van der Waals surface area contributed by atoms with Gasteiger partial charge in [0.05, 0.1) is 28.8 Å². The second kappa shape index (κ2) is 8.84. The predicted octanol–water partition coefficient (Wildman–Crippen LogP) is 4.65. The number of aromatic amines is 1. The van der Waals surface area contributed by atoms with Gasteiger partial charge in [-0.25, -0.2) is 19.3 Å². The summed E-state index contributed by atoms with van der Waals surface area (Å²) in [5, 5.41) is 20.7. The van der Waals surface area contributed by atoms with Crippen LogP contribution in [0.5, 0.6) is 0 Å². The lowest BCUT2D eigenvalue weighted by Crippen LogP contribution is -2.45. The van der Waals surface area contributed by atoms with E-state index in [0.717, 1.165) is 31.7 Å². The predicted molar refractivity (Wildman–Crippen MR) is 126 cm³/mol. The number of nitrogens with one attached hydrogen (secondary N) is 1. The number of halogens is 4. The fourth-order valence-electron chi connectivity index (χ4n) is 6.18. The molecule has 38 heavy (non-hydrogen) atoms. The molecule has 4 aromatic heterocycles. The Bertz CT molecular complexity index is 1540. The van der Waals surface area contributed by atoms with Gasteiger partial charge in [-0.3, -0.25) is 14.6 Å². The number of pyridine rings is 1. The van der Waals surface area contributed by atoms with Crippen molar-refractivity contribution in [1.29, 1.82) is 0 Å². The summed E-state index contributed by atoms with van der Waals surface area (Å²) in [6.07, 6.45) is 2.57. The highest BCUT2D eigenvalue weighted by Gasteiger charge is 2.47. The summed E-state index contributed by atoms with van der Waals surface area (Å²) in [6, 6.07) is 0.901. The molecule has 3 aliphatic rings. The van der Waals surface area contributed by atoms with E-state index in [0.29, 0.717) is 11.8 Å². The minimum Gasteiger partial charge on any atom is -0.481 e. The molecule has 0 spiro atoms. The van der Waals surface area contributed by atoms with Crippen molar-refractivity contribution in [2.24, 2.45) is 30.7 Å². The van der Waals surface area contributed by atoms with Gasteiger partial charge in [-0.05, 0) is 55.9 Å². The van der Waals surface area contributed by atoms with Crippen molar-refractivity contribution in [2.45, 2.75) is 38.3 Å². The fourth-order valence-corrected chi connectivity index (χ4v) is 6.18. The van der Waals surface area contributed by atoms with Crippen LogP contribution in [0.3, 0.4) is 0 Å². The van der Waals surface area contributed by atoms with Crippen molar-refractivity contribution in [2.75, 3.05) is 0 Å². The normalized spacial score (nSPS) is 23.3. The van der Waals surface area contributed by atoms with Crippen molar-refractivity contribution in [3.63, 3.8) is 0 Å². The Morgan fingerprint density at radius 3 is 2.55 bits per heavy atom. The SMILES string of the molecule is Cn1cc(-c2nc(-c3[nH]nc4ncc(C(F)(F)F)cc34)nc(C[C@H]3C4CCC(CC4)[C@@H]3C(=O)O)c2F)cn1. The van der Waals surface area contributed by atoms with Crippen LogP contribution in [-0.2, 0) is 24.4 Å². The number of aryl methyl sites for hydroxylation is 1. The number of fused-ring (bicyclic) bond motifs is 4. The number of hydrogen-bond acceptors (Lipinski definition) is 6. The Morgan fingerprint density at radius 1 is 1.16 bits per heavy atom. The van der Waals surface area contributed by atoms with E-state index >= 15 is 4.39 Å². The molecule has 198 valence electrons. The molecule has 2 bridgehead atoms. The van der Waals surface area contributed by atoms with Crippen LogP contribution in [-0.4, -0.2) is 46.0 Å². The van der Waals surface area contributed by atoms with Crippen LogP contribution in [0, 0.1) is 29.5 Å². The number of carboxylic acids is 1. The molecule has 0 radical (unpaired) electrons. The number of carbonyl (C=O) groups is 1. The summed E-state index contributed by atoms with van der Waals surface area (Å²) in [5.74, 6) is -2.40. The van der Waals surface area contributed by atoms with Crippen molar-refractivity contribution >= 4 is 17.0 Å². The van der Waals surface area contributed by atoms with Crippen molar-refractivity contribution in [3.05, 3.63) is 41.7 Å². The lowest BCUT2D eigenvalue weighted by atomic mass is 9.57. The fraction of sp³-hybridized carbons (Fsp3) is 0.440. The molecule has 0 aliphatic heterocycles. The van der Waals surface area contributed by atoms with Crippen molar-refractivity contribution in [1.82, 2.24) is 34.9 Å². The summed E-state index contributed by atoms with van der Waals surface area (Å²) in [5.41, 5.74) is -0.586. The summed E-state index contributed by atoms with van der Waals surface area (Å²) >= 11 is 0. The summed E-state index contributed by atoms with van der Waals surface area (Å²) < 4.78 is 57.6. The van der Waals surface area contributed by atoms with Crippen LogP contribution < -0.4 is 0 Å². The molecule has 0 amide bonds. The zero-order chi connectivity index (χ0) is 26.8. The topological polar surface area (TPSA) is 122 Å². The van der Waals surface area contributed by atoms with Crippen molar-refractivity contribution < 1.29 is 27.5 Å². The first-order chi connectivity index (χ1) is 18.1. The number of alkyl halides is 3. The van der Waals surface area contributed by atoms with Crippen LogP contribution in [0.25, 0.3) is 33.8 Å². The zero-order valence-electron chi connectivity index (χ0n) is 20.2. The molecule has 4 heterocycles. The Hall–Kier alpha value is -3.90. The highest BCUT2D eigenvalue weighted by molar-refractivity contribution is 5.89. The van der Waals surface area contributed by atoms with E-state index in [1.54, 1.807) is 13.2 Å². The molecule has 3 aliphatic carbocycles. The molecule has 0 saturated heterocycles. The van der Waals surface area contributed by atoms with Crippen LogP contribution in [0.15, 0.2) is 24.7 Å². The molecule has 0 unspecified atom stereocenters. The highest BCUT2D eigenvalue weighted by Crippen LogP contribution is 2.50. The van der Waals surface area contributed by atoms with E-state index in [-0.39, 0.29) is 58.1 Å². The van der Waals surface area contributed by atoms with Crippen LogP contribution in [0.4, 0.5) is 17.6 Å². The molecule has 2 N–H and O–H groups in total. The number of carboxylic acid groups (broad SMARTS) is 1. The lowest BCUT2D eigenvalue weighted by Gasteiger charge is -2.46. The Kier molecular flexibility index (Phi) is 5.69. The number of aliphatic carboxylic acids is 1. The molecule has 3 saturated carbocycles. The molecule has 3 fully saturated rings. The molecule has 4 aromatic rings. The molecular formula is C25H23F4N7O2. The minimum atomic E-state index is -4.63. The van der Waals surface area contributed by atoms with Crippen LogP contribution in [0.1, 0.15) is 36.9 Å². The molecular weight excluding hydrogens is 506 g/mol. The van der Waals surface area contributed by atoms with E-state index < -0.39 is 29.4 Å². The standard InChI is InChI=1S/C25H23F4N7O2/c1-36-10-13(8-31-36)20-19(26)17(7-15-11-2-4-12(5-3-11)18(15)24(37)38)32-23(33-20)21-16-6-14(25(27,28)29)9-30-22(16)35-34-21/h6,8-12,15,18H,2-5,7H2,1H3,(H,37,38)(H,30,34,35)/t11?,12?,15-,18-/m0/s1. The average Bonchev–Trinajstić information content (AvgIpc) is 3.51. The monoisotopic (exact) mass is 529 g/mol. The van der Waals surface area contributed by atoms with Gasteiger partial charge in [-0.15, -0.1) is 0 Å². The Labute approximate surface area is 213 Å². The van der Waals surface area contributed by atoms with Gasteiger partial charge in [0.2, 0.25) is 0 Å². The third-order valence-electron chi connectivity index (χ3n) is 7.96. The van der Waals surface area contributed by atoms with Gasteiger partial charge in [0, 0.05) is 25.0 Å². The van der Waals surface area contributed by atoms with Gasteiger partial charge in [0.1, 0.15) is 11.4 Å².